The Morgan fingerprint density at radius 1 is 1.14 bits per heavy atom. The Kier molecular flexibility index (Phi) is 7.24. The van der Waals surface area contributed by atoms with Gasteiger partial charge in [-0.15, -0.1) is 0 Å². The molecule has 1 amide bonds. The Labute approximate surface area is 167 Å². The SMILES string of the molecule is CCCS(=O)(=O)C(C)C(=O)Nc1ccc(S(=O)(=O)N2CC(C)OC(C)C2)cc1. The highest BCUT2D eigenvalue weighted by Crippen LogP contribution is 2.22. The molecule has 2 rings (SSSR count). The molecular formula is C18H28N2O6S2. The Balaban J connectivity index is 2.12. The molecule has 0 radical (unpaired) electrons. The molecule has 3 unspecified atom stereocenters. The number of anilines is 1. The van der Waals surface area contributed by atoms with Crippen LogP contribution in [0.25, 0.3) is 0 Å². The molecule has 0 aliphatic carbocycles. The van der Waals surface area contributed by atoms with E-state index in [0.29, 0.717) is 12.1 Å². The Morgan fingerprint density at radius 3 is 2.18 bits per heavy atom. The molecule has 1 N–H and O–H groups in total. The third-order valence-electron chi connectivity index (χ3n) is 4.54. The average Bonchev–Trinajstić information content (AvgIpc) is 2.60. The second-order valence-electron chi connectivity index (χ2n) is 7.10. The normalized spacial score (nSPS) is 22.6. The average molecular weight is 433 g/mol. The number of ether oxygens (including phenoxy) is 1. The molecular weight excluding hydrogens is 404 g/mol. The molecule has 10 heteroatoms. The molecule has 0 saturated carbocycles. The standard InChI is InChI=1S/C18H28N2O6S2/c1-5-10-27(22,23)15(4)18(21)19-16-6-8-17(9-7-16)28(24,25)20-11-13(2)26-14(3)12-20/h6-9,13-15H,5,10-12H2,1-4H3,(H,19,21). The van der Waals surface area contributed by atoms with Crippen molar-refractivity contribution < 1.29 is 26.4 Å². The van der Waals surface area contributed by atoms with Crippen molar-refractivity contribution in [2.75, 3.05) is 24.2 Å². The fourth-order valence-electron chi connectivity index (χ4n) is 3.05. The summed E-state index contributed by atoms with van der Waals surface area (Å²) in [6, 6.07) is 5.72. The summed E-state index contributed by atoms with van der Waals surface area (Å²) in [5.74, 6) is -0.699. The fourth-order valence-corrected chi connectivity index (χ4v) is 5.95. The predicted octanol–water partition coefficient (Wildman–Crippen LogP) is 1.64. The van der Waals surface area contributed by atoms with Gasteiger partial charge in [-0.05, 0) is 51.5 Å². The summed E-state index contributed by atoms with van der Waals surface area (Å²) in [7, 11) is -7.19. The first-order chi connectivity index (χ1) is 13.0. The first-order valence-electron chi connectivity index (χ1n) is 9.25. The number of morpholine rings is 1. The second-order valence-corrected chi connectivity index (χ2v) is 11.5. The van der Waals surface area contributed by atoms with E-state index in [0.717, 1.165) is 0 Å². The van der Waals surface area contributed by atoms with Crippen molar-refractivity contribution in [3.05, 3.63) is 24.3 Å². The van der Waals surface area contributed by atoms with E-state index in [1.165, 1.54) is 35.5 Å². The van der Waals surface area contributed by atoms with Crippen LogP contribution in [0.4, 0.5) is 5.69 Å². The van der Waals surface area contributed by atoms with Crippen LogP contribution in [0.1, 0.15) is 34.1 Å². The number of nitrogens with one attached hydrogen (secondary N) is 1. The molecule has 0 spiro atoms. The van der Waals surface area contributed by atoms with Crippen LogP contribution in [0.5, 0.6) is 0 Å². The van der Waals surface area contributed by atoms with Crippen LogP contribution >= 0.6 is 0 Å². The molecule has 3 atom stereocenters. The van der Waals surface area contributed by atoms with Gasteiger partial charge in [0.25, 0.3) is 0 Å². The van der Waals surface area contributed by atoms with E-state index in [9.17, 15) is 21.6 Å². The zero-order valence-corrected chi connectivity index (χ0v) is 18.2. The number of amides is 1. The minimum Gasteiger partial charge on any atom is -0.373 e. The van der Waals surface area contributed by atoms with E-state index in [2.05, 4.69) is 5.32 Å². The van der Waals surface area contributed by atoms with Crippen molar-refractivity contribution in [3.63, 3.8) is 0 Å². The third-order valence-corrected chi connectivity index (χ3v) is 8.66. The number of sulfonamides is 1. The van der Waals surface area contributed by atoms with Crippen molar-refractivity contribution in [2.24, 2.45) is 0 Å². The quantitative estimate of drug-likeness (QED) is 0.701. The molecule has 1 fully saturated rings. The highest BCUT2D eigenvalue weighted by atomic mass is 32.2. The van der Waals surface area contributed by atoms with E-state index in [1.807, 2.05) is 13.8 Å². The minimum absolute atomic E-state index is 0.0604. The van der Waals surface area contributed by atoms with E-state index in [-0.39, 0.29) is 35.9 Å². The number of carbonyl (C=O) groups excluding carboxylic acids is 1. The van der Waals surface area contributed by atoms with Crippen molar-refractivity contribution >= 4 is 31.5 Å². The van der Waals surface area contributed by atoms with Gasteiger partial charge in [-0.3, -0.25) is 4.79 Å². The van der Waals surface area contributed by atoms with Crippen molar-refractivity contribution in [2.45, 2.75) is 56.5 Å². The van der Waals surface area contributed by atoms with Crippen molar-refractivity contribution in [1.82, 2.24) is 4.31 Å². The molecule has 8 nitrogen and oxygen atoms in total. The lowest BCUT2D eigenvalue weighted by atomic mass is 10.3. The number of nitrogens with zero attached hydrogens (tertiary/aromatic N) is 1. The monoisotopic (exact) mass is 432 g/mol. The van der Waals surface area contributed by atoms with Gasteiger partial charge in [-0.25, -0.2) is 16.8 Å². The van der Waals surface area contributed by atoms with E-state index in [1.54, 1.807) is 6.92 Å². The highest BCUT2D eigenvalue weighted by molar-refractivity contribution is 7.92. The van der Waals surface area contributed by atoms with Gasteiger partial charge in [0, 0.05) is 18.8 Å². The molecule has 1 saturated heterocycles. The minimum atomic E-state index is -3.68. The van der Waals surface area contributed by atoms with Crippen LogP contribution in [0, 0.1) is 0 Å². The maximum Gasteiger partial charge on any atom is 0.243 e. The highest BCUT2D eigenvalue weighted by Gasteiger charge is 2.32. The molecule has 0 bridgehead atoms. The summed E-state index contributed by atoms with van der Waals surface area (Å²) < 4.78 is 56.7. The predicted molar refractivity (Wildman–Crippen MR) is 107 cm³/mol. The molecule has 1 aromatic carbocycles. The molecule has 1 aliphatic rings. The van der Waals surface area contributed by atoms with Crippen LogP contribution in [0.15, 0.2) is 29.2 Å². The third kappa shape index (κ3) is 5.31. The Hall–Kier alpha value is -1.49. The lowest BCUT2D eigenvalue weighted by Crippen LogP contribution is -2.48. The van der Waals surface area contributed by atoms with Crippen LogP contribution < -0.4 is 5.32 Å². The lowest BCUT2D eigenvalue weighted by Gasteiger charge is -2.34. The van der Waals surface area contributed by atoms with E-state index >= 15 is 0 Å². The van der Waals surface area contributed by atoms with Gasteiger partial charge in [0.1, 0.15) is 5.25 Å². The summed E-state index contributed by atoms with van der Waals surface area (Å²) in [4.78, 5) is 12.3. The maximum absolute atomic E-state index is 12.8. The van der Waals surface area contributed by atoms with Crippen LogP contribution in [-0.2, 0) is 29.4 Å². The zero-order chi connectivity index (χ0) is 21.1. The largest absolute Gasteiger partial charge is 0.373 e. The number of rotatable bonds is 7. The number of carbonyl (C=O) groups is 1. The molecule has 1 aliphatic heterocycles. The summed E-state index contributed by atoms with van der Waals surface area (Å²) in [6.45, 7) is 7.28. The summed E-state index contributed by atoms with van der Waals surface area (Å²) in [5, 5.41) is 1.36. The lowest BCUT2D eigenvalue weighted by molar-refractivity contribution is -0.115. The Bertz CT molecular complexity index is 887. The summed E-state index contributed by atoms with van der Waals surface area (Å²) in [5.41, 5.74) is 0.339. The summed E-state index contributed by atoms with van der Waals surface area (Å²) in [6.07, 6.45) is 0.0537. The number of hydrogen-bond acceptors (Lipinski definition) is 6. The van der Waals surface area contributed by atoms with Crippen molar-refractivity contribution in [1.29, 1.82) is 0 Å². The molecule has 0 aromatic heterocycles. The van der Waals surface area contributed by atoms with E-state index in [4.69, 9.17) is 4.74 Å². The van der Waals surface area contributed by atoms with Crippen LogP contribution in [-0.4, -0.2) is 63.3 Å². The van der Waals surface area contributed by atoms with Crippen LogP contribution in [0.2, 0.25) is 0 Å². The van der Waals surface area contributed by atoms with Gasteiger partial charge in [-0.2, -0.15) is 4.31 Å². The first kappa shape index (κ1) is 22.8. The maximum atomic E-state index is 12.8. The number of hydrogen-bond donors (Lipinski definition) is 1. The van der Waals surface area contributed by atoms with Gasteiger partial charge in [0.05, 0.1) is 22.9 Å². The fraction of sp³-hybridized carbons (Fsp3) is 0.611. The smallest absolute Gasteiger partial charge is 0.243 e. The van der Waals surface area contributed by atoms with Crippen LogP contribution in [0.3, 0.4) is 0 Å². The van der Waals surface area contributed by atoms with Gasteiger partial charge < -0.3 is 10.1 Å². The molecule has 158 valence electrons. The van der Waals surface area contributed by atoms with Crippen molar-refractivity contribution in [3.8, 4) is 0 Å². The molecule has 1 heterocycles. The van der Waals surface area contributed by atoms with Gasteiger partial charge in [0.15, 0.2) is 9.84 Å². The Morgan fingerprint density at radius 2 is 1.68 bits per heavy atom. The summed E-state index contributed by atoms with van der Waals surface area (Å²) >= 11 is 0. The van der Waals surface area contributed by atoms with Gasteiger partial charge in [0.2, 0.25) is 15.9 Å². The number of sulfone groups is 1. The zero-order valence-electron chi connectivity index (χ0n) is 16.6. The topological polar surface area (TPSA) is 110 Å². The molecule has 1 aromatic rings. The second kappa shape index (κ2) is 8.89. The molecule has 28 heavy (non-hydrogen) atoms. The first-order valence-corrected chi connectivity index (χ1v) is 12.4. The van der Waals surface area contributed by atoms with Gasteiger partial charge >= 0.3 is 0 Å². The number of benzene rings is 1. The van der Waals surface area contributed by atoms with E-state index < -0.39 is 31.0 Å². The van der Waals surface area contributed by atoms with Gasteiger partial charge in [-0.1, -0.05) is 6.92 Å².